The van der Waals surface area contributed by atoms with Crippen LogP contribution in [0.1, 0.15) is 33.2 Å². The minimum Gasteiger partial charge on any atom is -0.480 e. The van der Waals surface area contributed by atoms with Crippen molar-refractivity contribution in [2.45, 2.75) is 6.92 Å². The third-order valence-electron chi connectivity index (χ3n) is 4.31. The Hall–Kier alpha value is -3.75. The predicted molar refractivity (Wildman–Crippen MR) is 107 cm³/mol. The zero-order valence-electron chi connectivity index (χ0n) is 16.3. The summed E-state index contributed by atoms with van der Waals surface area (Å²) in [7, 11) is 3.30. The number of nitrogens with zero attached hydrogens (tertiary/aromatic N) is 3. The monoisotopic (exact) mass is 399 g/mol. The van der Waals surface area contributed by atoms with Gasteiger partial charge < -0.3 is 14.9 Å². The number of benzene rings is 2. The van der Waals surface area contributed by atoms with E-state index in [0.717, 1.165) is 4.90 Å². The van der Waals surface area contributed by atoms with E-state index in [9.17, 15) is 24.5 Å². The molecule has 0 heterocycles. The van der Waals surface area contributed by atoms with Crippen molar-refractivity contribution in [3.05, 3.63) is 69.3 Å². The molecular formula is C20H21N3O6. The van der Waals surface area contributed by atoms with Crippen molar-refractivity contribution in [2.75, 3.05) is 32.1 Å². The highest BCUT2D eigenvalue weighted by Crippen LogP contribution is 2.29. The summed E-state index contributed by atoms with van der Waals surface area (Å²) in [6, 6.07) is 10.1. The largest absolute Gasteiger partial charge is 0.480 e. The molecule has 0 aliphatic rings. The van der Waals surface area contributed by atoms with Gasteiger partial charge in [0.05, 0.1) is 10.5 Å². The summed E-state index contributed by atoms with van der Waals surface area (Å²) in [5, 5.41) is 20.4. The average molecular weight is 399 g/mol. The predicted octanol–water partition coefficient (Wildman–Crippen LogP) is 2.44. The fourth-order valence-corrected chi connectivity index (χ4v) is 2.87. The van der Waals surface area contributed by atoms with Gasteiger partial charge in [0.1, 0.15) is 12.2 Å². The number of likely N-dealkylation sites (N-methyl/N-ethyl adjacent to an activating group) is 1. The minimum atomic E-state index is -1.17. The number of ketones is 1. The molecule has 0 saturated carbocycles. The highest BCUT2D eigenvalue weighted by molar-refractivity contribution is 6.15. The summed E-state index contributed by atoms with van der Waals surface area (Å²) in [5.41, 5.74) is 0.261. The Morgan fingerprint density at radius 3 is 2.21 bits per heavy atom. The number of hydrogen-bond donors (Lipinski definition) is 1. The van der Waals surface area contributed by atoms with Crippen LogP contribution < -0.4 is 4.90 Å². The summed E-state index contributed by atoms with van der Waals surface area (Å²) in [4.78, 5) is 50.3. The lowest BCUT2D eigenvalue weighted by atomic mass is 9.96. The van der Waals surface area contributed by atoms with Gasteiger partial charge in [-0.15, -0.1) is 0 Å². The van der Waals surface area contributed by atoms with Gasteiger partial charge in [0, 0.05) is 37.8 Å². The fourth-order valence-electron chi connectivity index (χ4n) is 2.87. The molecule has 0 atom stereocenters. The number of carbonyl (C=O) groups is 3. The molecule has 152 valence electrons. The number of amides is 1. The number of aliphatic carboxylic acids is 1. The Kier molecular flexibility index (Phi) is 6.66. The van der Waals surface area contributed by atoms with Gasteiger partial charge in [-0.05, 0) is 25.1 Å². The number of carboxylic acids is 1. The van der Waals surface area contributed by atoms with E-state index in [1.165, 1.54) is 30.3 Å². The van der Waals surface area contributed by atoms with Gasteiger partial charge in [0.15, 0.2) is 5.78 Å². The second-order valence-corrected chi connectivity index (χ2v) is 6.44. The van der Waals surface area contributed by atoms with Crippen molar-refractivity contribution in [2.24, 2.45) is 0 Å². The number of carbonyl (C=O) groups excluding carboxylic acids is 2. The lowest BCUT2D eigenvalue weighted by molar-refractivity contribution is -0.384. The van der Waals surface area contributed by atoms with E-state index in [0.29, 0.717) is 5.69 Å². The van der Waals surface area contributed by atoms with Crippen LogP contribution in [0.3, 0.4) is 0 Å². The summed E-state index contributed by atoms with van der Waals surface area (Å²) in [6.07, 6.45) is 0. The Morgan fingerprint density at radius 2 is 1.69 bits per heavy atom. The van der Waals surface area contributed by atoms with Crippen molar-refractivity contribution in [3.63, 3.8) is 0 Å². The van der Waals surface area contributed by atoms with E-state index in [1.807, 2.05) is 0 Å². The third-order valence-corrected chi connectivity index (χ3v) is 4.31. The average Bonchev–Trinajstić information content (AvgIpc) is 2.70. The number of nitro groups is 1. The molecule has 0 bridgehead atoms. The van der Waals surface area contributed by atoms with E-state index in [2.05, 4.69) is 0 Å². The fraction of sp³-hybridized carbons (Fsp3) is 0.250. The number of rotatable bonds is 8. The first-order valence-corrected chi connectivity index (χ1v) is 8.77. The number of anilines is 1. The zero-order chi connectivity index (χ0) is 21.7. The van der Waals surface area contributed by atoms with E-state index < -0.39 is 29.1 Å². The minimum absolute atomic E-state index is 0.0416. The molecule has 0 aromatic heterocycles. The van der Waals surface area contributed by atoms with Crippen LogP contribution in [0.15, 0.2) is 42.5 Å². The SMILES string of the molecule is CCN(CC(=O)O)C(=O)c1ccccc1C(=O)c1ccc(N(C)C)c([N+](=O)[O-])c1. The quantitative estimate of drug-likeness (QED) is 0.411. The number of carboxylic acid groups (broad SMARTS) is 1. The van der Waals surface area contributed by atoms with E-state index in [4.69, 9.17) is 5.11 Å². The van der Waals surface area contributed by atoms with Gasteiger partial charge in [-0.1, -0.05) is 18.2 Å². The summed E-state index contributed by atoms with van der Waals surface area (Å²) in [5.74, 6) is -2.33. The van der Waals surface area contributed by atoms with Gasteiger partial charge in [-0.2, -0.15) is 0 Å². The van der Waals surface area contributed by atoms with Crippen molar-refractivity contribution in [1.82, 2.24) is 4.90 Å². The van der Waals surface area contributed by atoms with Gasteiger partial charge in [-0.3, -0.25) is 24.5 Å². The summed E-state index contributed by atoms with van der Waals surface area (Å²) >= 11 is 0. The van der Waals surface area contributed by atoms with Crippen LogP contribution in [0.2, 0.25) is 0 Å². The molecule has 0 fully saturated rings. The molecule has 2 aromatic carbocycles. The molecule has 0 aliphatic carbocycles. The third kappa shape index (κ3) is 4.75. The molecular weight excluding hydrogens is 378 g/mol. The molecule has 2 rings (SSSR count). The van der Waals surface area contributed by atoms with Gasteiger partial charge in [0.2, 0.25) is 0 Å². The smallest absolute Gasteiger partial charge is 0.323 e. The molecule has 0 aliphatic heterocycles. The summed E-state index contributed by atoms with van der Waals surface area (Å²) < 4.78 is 0. The van der Waals surface area contributed by atoms with Crippen LogP contribution in [0.4, 0.5) is 11.4 Å². The lowest BCUT2D eigenvalue weighted by Gasteiger charge is -2.20. The van der Waals surface area contributed by atoms with Gasteiger partial charge >= 0.3 is 5.97 Å². The van der Waals surface area contributed by atoms with Crippen LogP contribution >= 0.6 is 0 Å². The van der Waals surface area contributed by atoms with Gasteiger partial charge in [0.25, 0.3) is 11.6 Å². The van der Waals surface area contributed by atoms with E-state index in [-0.39, 0.29) is 28.9 Å². The molecule has 0 spiro atoms. The van der Waals surface area contributed by atoms with Crippen molar-refractivity contribution < 1.29 is 24.4 Å². The van der Waals surface area contributed by atoms with Crippen LogP contribution in [0.5, 0.6) is 0 Å². The first-order valence-electron chi connectivity index (χ1n) is 8.77. The van der Waals surface area contributed by atoms with Crippen LogP contribution in [-0.4, -0.2) is 59.8 Å². The first-order chi connectivity index (χ1) is 13.7. The molecule has 9 heteroatoms. The molecule has 0 saturated heterocycles. The number of nitro benzene ring substituents is 1. The molecule has 29 heavy (non-hydrogen) atoms. The molecule has 0 radical (unpaired) electrons. The van der Waals surface area contributed by atoms with Crippen molar-refractivity contribution in [1.29, 1.82) is 0 Å². The Labute approximate surface area is 167 Å². The van der Waals surface area contributed by atoms with E-state index >= 15 is 0 Å². The Bertz CT molecular complexity index is 970. The molecule has 9 nitrogen and oxygen atoms in total. The second kappa shape index (κ2) is 8.96. The second-order valence-electron chi connectivity index (χ2n) is 6.44. The topological polar surface area (TPSA) is 121 Å². The Balaban J connectivity index is 2.50. The maximum absolute atomic E-state index is 13.0. The van der Waals surface area contributed by atoms with Gasteiger partial charge in [-0.25, -0.2) is 0 Å². The standard InChI is InChI=1S/C20H21N3O6/c1-4-22(12-18(24)25)20(27)15-8-6-5-7-14(15)19(26)13-9-10-16(21(2)3)17(11-13)23(28)29/h5-11H,4,12H2,1-3H3,(H,24,25). The Morgan fingerprint density at radius 1 is 1.07 bits per heavy atom. The molecule has 1 N–H and O–H groups in total. The normalized spacial score (nSPS) is 10.3. The van der Waals surface area contributed by atoms with E-state index in [1.54, 1.807) is 38.1 Å². The lowest BCUT2D eigenvalue weighted by Crippen LogP contribution is -2.36. The maximum atomic E-state index is 13.0. The molecule has 0 unspecified atom stereocenters. The molecule has 2 aromatic rings. The van der Waals surface area contributed by atoms with Crippen LogP contribution in [0.25, 0.3) is 0 Å². The van der Waals surface area contributed by atoms with Crippen LogP contribution in [-0.2, 0) is 4.79 Å². The van der Waals surface area contributed by atoms with Crippen molar-refractivity contribution in [3.8, 4) is 0 Å². The van der Waals surface area contributed by atoms with Crippen LogP contribution in [0, 0.1) is 10.1 Å². The first kappa shape index (κ1) is 21.5. The zero-order valence-corrected chi connectivity index (χ0v) is 16.3. The maximum Gasteiger partial charge on any atom is 0.323 e. The number of hydrogen-bond acceptors (Lipinski definition) is 6. The summed E-state index contributed by atoms with van der Waals surface area (Å²) in [6.45, 7) is 1.28. The highest BCUT2D eigenvalue weighted by Gasteiger charge is 2.25. The molecule has 1 amide bonds. The van der Waals surface area contributed by atoms with Crippen molar-refractivity contribution >= 4 is 29.0 Å². The highest BCUT2D eigenvalue weighted by atomic mass is 16.6.